The molecule has 0 aromatic heterocycles. The Hall–Kier alpha value is -2.08. The van der Waals surface area contributed by atoms with E-state index in [-0.39, 0.29) is 11.9 Å². The lowest BCUT2D eigenvalue weighted by atomic mass is 10.0. The Kier molecular flexibility index (Phi) is 5.35. The topological polar surface area (TPSA) is 60.4 Å². The van der Waals surface area contributed by atoms with E-state index in [1.54, 1.807) is 12.0 Å². The molecule has 1 aromatic carbocycles. The first kappa shape index (κ1) is 16.8. The summed E-state index contributed by atoms with van der Waals surface area (Å²) in [5, 5.41) is 4.12. The number of hydrogen-bond donors (Lipinski definition) is 0. The Morgan fingerprint density at radius 3 is 2.92 bits per heavy atom. The number of likely N-dealkylation sites (N-methyl/N-ethyl adjacent to an activating group) is 1. The second kappa shape index (κ2) is 7.66. The minimum atomic E-state index is -0.501. The van der Waals surface area contributed by atoms with Gasteiger partial charge in [0.2, 0.25) is 6.10 Å². The van der Waals surface area contributed by atoms with Gasteiger partial charge in [-0.1, -0.05) is 17.3 Å². The largest absolute Gasteiger partial charge is 0.497 e. The molecule has 1 saturated heterocycles. The van der Waals surface area contributed by atoms with Crippen molar-refractivity contribution < 1.29 is 19.1 Å². The van der Waals surface area contributed by atoms with Crippen LogP contribution in [0.5, 0.6) is 5.75 Å². The number of benzene rings is 1. The summed E-state index contributed by atoms with van der Waals surface area (Å²) in [5.41, 5.74) is 1.99. The molecular formula is C18H24N2O4. The molecule has 1 aromatic rings. The van der Waals surface area contributed by atoms with Crippen LogP contribution in [0.25, 0.3) is 0 Å². The number of methoxy groups -OCH3 is 1. The standard InChI is InChI=1S/C18H24N2O4/c1-20(15-6-8-23-9-7-15)18(21)17-12-14(19-24-17)10-13-4-3-5-16(11-13)22-2/h3-5,11,15,17H,6-10,12H2,1-2H3. The fraction of sp³-hybridized carbons (Fsp3) is 0.556. The van der Waals surface area contributed by atoms with E-state index in [1.165, 1.54) is 0 Å². The summed E-state index contributed by atoms with van der Waals surface area (Å²) in [6.45, 7) is 1.43. The zero-order valence-corrected chi connectivity index (χ0v) is 14.2. The first-order valence-electron chi connectivity index (χ1n) is 8.36. The molecule has 0 N–H and O–H groups in total. The number of oxime groups is 1. The lowest BCUT2D eigenvalue weighted by molar-refractivity contribution is -0.144. The van der Waals surface area contributed by atoms with Crippen LogP contribution in [0.1, 0.15) is 24.8 Å². The summed E-state index contributed by atoms with van der Waals surface area (Å²) < 4.78 is 10.6. The Morgan fingerprint density at radius 2 is 2.17 bits per heavy atom. The molecule has 130 valence electrons. The van der Waals surface area contributed by atoms with Crippen molar-refractivity contribution in [2.45, 2.75) is 37.8 Å². The molecule has 2 heterocycles. The maximum absolute atomic E-state index is 12.6. The summed E-state index contributed by atoms with van der Waals surface area (Å²) in [7, 11) is 3.50. The van der Waals surface area contributed by atoms with Crippen molar-refractivity contribution >= 4 is 11.6 Å². The number of carbonyl (C=O) groups excluding carboxylic acids is 1. The van der Waals surface area contributed by atoms with E-state index in [9.17, 15) is 4.79 Å². The van der Waals surface area contributed by atoms with E-state index in [4.69, 9.17) is 14.3 Å². The second-order valence-electron chi connectivity index (χ2n) is 6.28. The van der Waals surface area contributed by atoms with Crippen LogP contribution in [0, 0.1) is 0 Å². The number of hydrogen-bond acceptors (Lipinski definition) is 5. The van der Waals surface area contributed by atoms with Crippen LogP contribution in [0.2, 0.25) is 0 Å². The van der Waals surface area contributed by atoms with Gasteiger partial charge in [-0.3, -0.25) is 4.79 Å². The van der Waals surface area contributed by atoms with Crippen molar-refractivity contribution in [3.05, 3.63) is 29.8 Å². The predicted octanol–water partition coefficient (Wildman–Crippen LogP) is 2.02. The molecule has 2 aliphatic rings. The van der Waals surface area contributed by atoms with Crippen molar-refractivity contribution in [1.29, 1.82) is 0 Å². The van der Waals surface area contributed by atoms with Gasteiger partial charge in [0.15, 0.2) is 0 Å². The highest BCUT2D eigenvalue weighted by molar-refractivity contribution is 5.94. The number of rotatable bonds is 5. The molecule has 0 bridgehead atoms. The van der Waals surface area contributed by atoms with E-state index in [0.717, 1.165) is 29.9 Å². The van der Waals surface area contributed by atoms with Gasteiger partial charge in [0.05, 0.1) is 12.8 Å². The second-order valence-corrected chi connectivity index (χ2v) is 6.28. The number of ether oxygens (including phenoxy) is 2. The van der Waals surface area contributed by atoms with Gasteiger partial charge in [-0.25, -0.2) is 0 Å². The first-order valence-corrected chi connectivity index (χ1v) is 8.36. The van der Waals surface area contributed by atoms with Gasteiger partial charge in [-0.05, 0) is 30.5 Å². The summed E-state index contributed by atoms with van der Waals surface area (Å²) in [4.78, 5) is 19.8. The molecule has 6 heteroatoms. The Morgan fingerprint density at radius 1 is 1.38 bits per heavy atom. The van der Waals surface area contributed by atoms with Crippen LogP contribution in [-0.4, -0.2) is 56.0 Å². The van der Waals surface area contributed by atoms with Gasteiger partial charge in [0, 0.05) is 39.1 Å². The fourth-order valence-electron chi connectivity index (χ4n) is 3.16. The predicted molar refractivity (Wildman–Crippen MR) is 90.2 cm³/mol. The van der Waals surface area contributed by atoms with Gasteiger partial charge < -0.3 is 19.2 Å². The maximum Gasteiger partial charge on any atom is 0.266 e. The van der Waals surface area contributed by atoms with Crippen LogP contribution in [-0.2, 0) is 20.8 Å². The molecule has 0 radical (unpaired) electrons. The lowest BCUT2D eigenvalue weighted by Crippen LogP contribution is -2.45. The van der Waals surface area contributed by atoms with E-state index in [0.29, 0.717) is 26.1 Å². The Bertz CT molecular complexity index is 611. The summed E-state index contributed by atoms with van der Waals surface area (Å²) in [6.07, 6.45) is 2.48. The lowest BCUT2D eigenvalue weighted by Gasteiger charge is -2.32. The van der Waals surface area contributed by atoms with Crippen molar-refractivity contribution in [2.75, 3.05) is 27.4 Å². The van der Waals surface area contributed by atoms with Crippen molar-refractivity contribution in [1.82, 2.24) is 4.90 Å². The highest BCUT2D eigenvalue weighted by atomic mass is 16.6. The third kappa shape index (κ3) is 3.87. The quantitative estimate of drug-likeness (QED) is 0.828. The minimum Gasteiger partial charge on any atom is -0.497 e. The fourth-order valence-corrected chi connectivity index (χ4v) is 3.16. The zero-order valence-electron chi connectivity index (χ0n) is 14.2. The molecule has 0 saturated carbocycles. The number of carbonyl (C=O) groups is 1. The average molecular weight is 332 g/mol. The van der Waals surface area contributed by atoms with Crippen LogP contribution < -0.4 is 4.74 Å². The van der Waals surface area contributed by atoms with E-state index in [2.05, 4.69) is 5.16 Å². The minimum absolute atomic E-state index is 0.00583. The molecule has 24 heavy (non-hydrogen) atoms. The number of amides is 1. The van der Waals surface area contributed by atoms with Gasteiger partial charge in [0.1, 0.15) is 5.75 Å². The van der Waals surface area contributed by atoms with Crippen LogP contribution in [0.15, 0.2) is 29.4 Å². The molecule has 3 rings (SSSR count). The van der Waals surface area contributed by atoms with Crippen LogP contribution in [0.3, 0.4) is 0 Å². The normalized spacial score (nSPS) is 21.1. The van der Waals surface area contributed by atoms with E-state index in [1.807, 2.05) is 31.3 Å². The monoisotopic (exact) mass is 332 g/mol. The Labute approximate surface area is 142 Å². The SMILES string of the molecule is COc1cccc(CC2=NOC(C(=O)N(C)C3CCOCC3)C2)c1. The third-order valence-corrected chi connectivity index (χ3v) is 4.63. The van der Waals surface area contributed by atoms with E-state index < -0.39 is 6.10 Å². The highest BCUT2D eigenvalue weighted by Gasteiger charge is 2.33. The molecular weight excluding hydrogens is 308 g/mol. The maximum atomic E-state index is 12.6. The molecule has 1 unspecified atom stereocenters. The van der Waals surface area contributed by atoms with E-state index >= 15 is 0 Å². The van der Waals surface area contributed by atoms with Crippen molar-refractivity contribution in [3.63, 3.8) is 0 Å². The van der Waals surface area contributed by atoms with Gasteiger partial charge in [-0.2, -0.15) is 0 Å². The molecule has 1 atom stereocenters. The first-order chi connectivity index (χ1) is 11.7. The van der Waals surface area contributed by atoms with Crippen molar-refractivity contribution in [3.8, 4) is 5.75 Å². The van der Waals surface area contributed by atoms with Crippen LogP contribution >= 0.6 is 0 Å². The Balaban J connectivity index is 1.54. The highest BCUT2D eigenvalue weighted by Crippen LogP contribution is 2.21. The van der Waals surface area contributed by atoms with Gasteiger partial charge >= 0.3 is 0 Å². The molecule has 2 aliphatic heterocycles. The summed E-state index contributed by atoms with van der Waals surface area (Å²) in [5.74, 6) is 0.824. The third-order valence-electron chi connectivity index (χ3n) is 4.63. The zero-order chi connectivity index (χ0) is 16.9. The van der Waals surface area contributed by atoms with Gasteiger partial charge in [0.25, 0.3) is 5.91 Å². The molecule has 1 fully saturated rings. The van der Waals surface area contributed by atoms with Gasteiger partial charge in [-0.15, -0.1) is 0 Å². The summed E-state index contributed by atoms with van der Waals surface area (Å²) in [6, 6.07) is 8.09. The molecule has 0 aliphatic carbocycles. The smallest absolute Gasteiger partial charge is 0.266 e. The molecule has 1 amide bonds. The summed E-state index contributed by atoms with van der Waals surface area (Å²) >= 11 is 0. The van der Waals surface area contributed by atoms with Crippen LogP contribution in [0.4, 0.5) is 0 Å². The van der Waals surface area contributed by atoms with Crippen molar-refractivity contribution in [2.24, 2.45) is 5.16 Å². The number of nitrogens with zero attached hydrogens (tertiary/aromatic N) is 2. The molecule has 6 nitrogen and oxygen atoms in total. The molecule has 0 spiro atoms. The average Bonchev–Trinajstić information content (AvgIpc) is 3.09.